The van der Waals surface area contributed by atoms with E-state index in [1.54, 1.807) is 48.7 Å². The zero-order valence-corrected chi connectivity index (χ0v) is 21.5. The normalized spacial score (nSPS) is 12.5. The number of amides is 2. The number of hydrogen-bond acceptors (Lipinski definition) is 7. The maximum atomic E-state index is 13.1. The molecule has 0 radical (unpaired) electrons. The number of ether oxygens (including phenoxy) is 1. The van der Waals surface area contributed by atoms with E-state index in [2.05, 4.69) is 4.98 Å². The maximum Gasteiger partial charge on any atom is 0.262 e. The van der Waals surface area contributed by atoms with Crippen LogP contribution in [0.1, 0.15) is 47.8 Å². The van der Waals surface area contributed by atoms with Gasteiger partial charge in [0, 0.05) is 5.56 Å². The van der Waals surface area contributed by atoms with Crippen molar-refractivity contribution < 1.29 is 19.1 Å². The number of imide groups is 1. The van der Waals surface area contributed by atoms with Crippen LogP contribution in [0.25, 0.3) is 5.69 Å². The largest absolute Gasteiger partial charge is 0.473 e. The number of benzene rings is 3. The second kappa shape index (κ2) is 10.5. The lowest BCUT2D eigenvalue weighted by molar-refractivity contribution is 0.0641. The molecule has 0 fully saturated rings. The molecule has 0 atom stereocenters. The summed E-state index contributed by atoms with van der Waals surface area (Å²) in [7, 11) is 0. The van der Waals surface area contributed by atoms with E-state index < -0.39 is 0 Å². The molecule has 1 aliphatic rings. The van der Waals surface area contributed by atoms with Crippen molar-refractivity contribution in [3.05, 3.63) is 117 Å². The Kier molecular flexibility index (Phi) is 6.93. The van der Waals surface area contributed by atoms with Gasteiger partial charge >= 0.3 is 0 Å². The lowest BCUT2D eigenvalue weighted by Crippen LogP contribution is -2.29. The number of thioether (sulfide) groups is 1. The number of aryl methyl sites for hydroxylation is 1. The minimum Gasteiger partial charge on any atom is -0.473 e. The molecular weight excluding hydrogens is 502 g/mol. The average Bonchev–Trinajstić information content (AvgIpc) is 3.17. The van der Waals surface area contributed by atoms with Gasteiger partial charge in [0.1, 0.15) is 12.9 Å². The molecule has 0 bridgehead atoms. The van der Waals surface area contributed by atoms with Crippen LogP contribution in [0.5, 0.6) is 5.88 Å². The molecule has 0 saturated heterocycles. The second-order valence-electron chi connectivity index (χ2n) is 8.72. The van der Waals surface area contributed by atoms with Crippen LogP contribution in [0.3, 0.4) is 0 Å². The first-order chi connectivity index (χ1) is 18.4. The molecule has 38 heavy (non-hydrogen) atoms. The van der Waals surface area contributed by atoms with E-state index in [1.807, 2.05) is 31.2 Å². The zero-order valence-electron chi connectivity index (χ0n) is 20.7. The highest BCUT2D eigenvalue weighted by atomic mass is 32.2. The summed E-state index contributed by atoms with van der Waals surface area (Å²) in [6, 6.07) is 20.6. The number of rotatable bonds is 8. The highest BCUT2D eigenvalue weighted by Gasteiger charge is 2.35. The van der Waals surface area contributed by atoms with E-state index in [-0.39, 0.29) is 36.4 Å². The van der Waals surface area contributed by atoms with Gasteiger partial charge in [0.2, 0.25) is 5.88 Å². The summed E-state index contributed by atoms with van der Waals surface area (Å²) >= 11 is 1.28. The molecule has 5 rings (SSSR count). The van der Waals surface area contributed by atoms with Gasteiger partial charge in [0.25, 0.3) is 17.4 Å². The quantitative estimate of drug-likeness (QED) is 0.145. The first-order valence-electron chi connectivity index (χ1n) is 11.8. The molecule has 190 valence electrons. The Bertz CT molecular complexity index is 1610. The van der Waals surface area contributed by atoms with Crippen LogP contribution < -0.4 is 10.3 Å². The molecule has 4 aromatic rings. The van der Waals surface area contributed by atoms with E-state index in [1.165, 1.54) is 27.3 Å². The number of aromatic nitrogens is 2. The lowest BCUT2D eigenvalue weighted by atomic mass is 10.1. The fourth-order valence-electron chi connectivity index (χ4n) is 4.37. The van der Waals surface area contributed by atoms with E-state index in [0.29, 0.717) is 27.5 Å². The van der Waals surface area contributed by atoms with Crippen molar-refractivity contribution in [2.75, 3.05) is 6.26 Å². The summed E-state index contributed by atoms with van der Waals surface area (Å²) in [6.07, 6.45) is 2.54. The standard InChI is InChI=1S/C29H23N3O5S/c1-18-11-12-19(16-33)13-24(18)32-26(34)14-25(30-29(32)38-2)37-17-21-8-4-3-7-20(21)15-31-27(35)22-9-5-6-10-23(22)28(31)36/h3-14,16H,15,17H2,1-2H3. The molecule has 0 unspecified atom stereocenters. The van der Waals surface area contributed by atoms with E-state index >= 15 is 0 Å². The van der Waals surface area contributed by atoms with Crippen molar-refractivity contribution in [1.29, 1.82) is 0 Å². The third-order valence-electron chi connectivity index (χ3n) is 6.36. The van der Waals surface area contributed by atoms with Crippen molar-refractivity contribution in [1.82, 2.24) is 14.5 Å². The first-order valence-corrected chi connectivity index (χ1v) is 13.0. The van der Waals surface area contributed by atoms with Crippen molar-refractivity contribution >= 4 is 29.9 Å². The van der Waals surface area contributed by atoms with Crippen molar-refractivity contribution in [2.24, 2.45) is 0 Å². The highest BCUT2D eigenvalue weighted by Crippen LogP contribution is 2.26. The van der Waals surface area contributed by atoms with Gasteiger partial charge in [-0.3, -0.25) is 28.6 Å². The van der Waals surface area contributed by atoms with Crippen LogP contribution in [0, 0.1) is 6.92 Å². The van der Waals surface area contributed by atoms with Gasteiger partial charge in [0.05, 0.1) is 29.4 Å². The summed E-state index contributed by atoms with van der Waals surface area (Å²) in [6.45, 7) is 2.04. The molecule has 1 aliphatic heterocycles. The minimum absolute atomic E-state index is 0.0866. The van der Waals surface area contributed by atoms with Crippen molar-refractivity contribution in [3.8, 4) is 11.6 Å². The summed E-state index contributed by atoms with van der Waals surface area (Å²) in [4.78, 5) is 55.8. The van der Waals surface area contributed by atoms with Crippen LogP contribution >= 0.6 is 11.8 Å². The van der Waals surface area contributed by atoms with E-state index in [9.17, 15) is 19.2 Å². The third-order valence-corrected chi connectivity index (χ3v) is 7.00. The van der Waals surface area contributed by atoms with Gasteiger partial charge in [0.15, 0.2) is 5.16 Å². The van der Waals surface area contributed by atoms with Gasteiger partial charge in [-0.25, -0.2) is 0 Å². The number of hydrogen-bond donors (Lipinski definition) is 0. The molecule has 0 aliphatic carbocycles. The third kappa shape index (κ3) is 4.64. The number of carbonyl (C=O) groups is 3. The maximum absolute atomic E-state index is 13.1. The molecular formula is C29H23N3O5S. The molecule has 0 spiro atoms. The van der Waals surface area contributed by atoms with Crippen LogP contribution in [-0.2, 0) is 13.2 Å². The van der Waals surface area contributed by atoms with Gasteiger partial charge in [-0.1, -0.05) is 60.3 Å². The minimum atomic E-state index is -0.343. The van der Waals surface area contributed by atoms with Crippen molar-refractivity contribution in [3.63, 3.8) is 0 Å². The molecule has 9 heteroatoms. The van der Waals surface area contributed by atoms with E-state index in [4.69, 9.17) is 4.74 Å². The molecule has 3 aromatic carbocycles. The number of carbonyl (C=O) groups excluding carboxylic acids is 3. The monoisotopic (exact) mass is 525 g/mol. The fraction of sp³-hybridized carbons (Fsp3) is 0.138. The predicted octanol–water partition coefficient (Wildman–Crippen LogP) is 4.45. The summed E-state index contributed by atoms with van der Waals surface area (Å²) in [5.41, 5.74) is 3.82. The Labute approximate surface area is 222 Å². The zero-order chi connectivity index (χ0) is 26.8. The fourth-order valence-corrected chi connectivity index (χ4v) is 4.92. The van der Waals surface area contributed by atoms with Crippen molar-refractivity contribution in [2.45, 2.75) is 25.2 Å². The Morgan fingerprint density at radius 1 is 0.895 bits per heavy atom. The SMILES string of the molecule is CSc1nc(OCc2ccccc2CN2C(=O)c3ccccc3C2=O)cc(=O)n1-c1cc(C=O)ccc1C. The second-order valence-corrected chi connectivity index (χ2v) is 9.49. The summed E-state index contributed by atoms with van der Waals surface area (Å²) in [5.74, 6) is -0.509. The van der Waals surface area contributed by atoms with Gasteiger partial charge in [-0.15, -0.1) is 0 Å². The number of fused-ring (bicyclic) bond motifs is 1. The summed E-state index contributed by atoms with van der Waals surface area (Å²) in [5, 5.41) is 0.415. The van der Waals surface area contributed by atoms with Crippen LogP contribution in [0.2, 0.25) is 0 Å². The molecule has 0 N–H and O–H groups in total. The van der Waals surface area contributed by atoms with Crippen LogP contribution in [-0.4, -0.2) is 38.8 Å². The molecule has 1 aromatic heterocycles. The number of nitrogens with zero attached hydrogens (tertiary/aromatic N) is 3. The van der Waals surface area contributed by atoms with Crippen LogP contribution in [0.15, 0.2) is 82.7 Å². The molecule has 0 saturated carbocycles. The predicted molar refractivity (Wildman–Crippen MR) is 143 cm³/mol. The Balaban J connectivity index is 1.39. The van der Waals surface area contributed by atoms with Crippen LogP contribution in [0.4, 0.5) is 0 Å². The Hall–Kier alpha value is -4.50. The Morgan fingerprint density at radius 2 is 1.55 bits per heavy atom. The smallest absolute Gasteiger partial charge is 0.262 e. The van der Waals surface area contributed by atoms with Gasteiger partial charge < -0.3 is 4.74 Å². The number of aldehydes is 1. The average molecular weight is 526 g/mol. The van der Waals surface area contributed by atoms with Gasteiger partial charge in [-0.2, -0.15) is 4.98 Å². The van der Waals surface area contributed by atoms with Gasteiger partial charge in [-0.05, 0) is 48.1 Å². The Morgan fingerprint density at radius 3 is 2.21 bits per heavy atom. The highest BCUT2D eigenvalue weighted by molar-refractivity contribution is 7.98. The van der Waals surface area contributed by atoms with E-state index in [0.717, 1.165) is 23.0 Å². The topological polar surface area (TPSA) is 98.6 Å². The summed E-state index contributed by atoms with van der Waals surface area (Å²) < 4.78 is 7.37. The molecule has 2 heterocycles. The molecule has 8 nitrogen and oxygen atoms in total. The lowest BCUT2D eigenvalue weighted by Gasteiger charge is -2.17. The molecule has 2 amide bonds. The first kappa shape index (κ1) is 25.2.